The molecule has 0 saturated heterocycles. The number of amides is 1. The molecule has 4 rings (SSSR count). The third-order valence-corrected chi connectivity index (χ3v) is 5.44. The van der Waals surface area contributed by atoms with Crippen LogP contribution >= 0.6 is 0 Å². The normalized spacial score (nSPS) is 21.3. The SMILES string of the molecule is CC1(C)Cc2cc(-c3ccc(C4CC4)cc3)ccc2C1NC(=O)O. The van der Waals surface area contributed by atoms with Crippen molar-refractivity contribution in [1.29, 1.82) is 0 Å². The second kappa shape index (κ2) is 5.37. The van der Waals surface area contributed by atoms with Gasteiger partial charge in [0.25, 0.3) is 0 Å². The van der Waals surface area contributed by atoms with E-state index in [2.05, 4.69) is 61.6 Å². The zero-order valence-corrected chi connectivity index (χ0v) is 14.2. The highest BCUT2D eigenvalue weighted by Crippen LogP contribution is 2.46. The van der Waals surface area contributed by atoms with Gasteiger partial charge in [-0.05, 0) is 58.4 Å². The average molecular weight is 321 g/mol. The molecule has 1 atom stereocenters. The van der Waals surface area contributed by atoms with E-state index in [-0.39, 0.29) is 11.5 Å². The number of fused-ring (bicyclic) bond motifs is 1. The Bertz CT molecular complexity index is 788. The lowest BCUT2D eigenvalue weighted by molar-refractivity contribution is 0.175. The number of carboxylic acid groups (broad SMARTS) is 1. The summed E-state index contributed by atoms with van der Waals surface area (Å²) in [6.07, 6.45) is 2.58. The quantitative estimate of drug-likeness (QED) is 0.824. The molecule has 124 valence electrons. The van der Waals surface area contributed by atoms with Crippen LogP contribution < -0.4 is 5.32 Å². The molecular formula is C21H23NO2. The Morgan fingerprint density at radius 2 is 1.75 bits per heavy atom. The van der Waals surface area contributed by atoms with Gasteiger partial charge < -0.3 is 10.4 Å². The van der Waals surface area contributed by atoms with Crippen LogP contribution in [-0.4, -0.2) is 11.2 Å². The Morgan fingerprint density at radius 1 is 1.08 bits per heavy atom. The molecule has 0 heterocycles. The van der Waals surface area contributed by atoms with Gasteiger partial charge in [0, 0.05) is 0 Å². The maximum absolute atomic E-state index is 11.1. The van der Waals surface area contributed by atoms with Gasteiger partial charge in [-0.2, -0.15) is 0 Å². The molecule has 2 aromatic carbocycles. The first-order valence-electron chi connectivity index (χ1n) is 8.67. The van der Waals surface area contributed by atoms with E-state index in [0.717, 1.165) is 17.9 Å². The first kappa shape index (κ1) is 15.3. The number of benzene rings is 2. The van der Waals surface area contributed by atoms with Crippen LogP contribution in [0.25, 0.3) is 11.1 Å². The van der Waals surface area contributed by atoms with Crippen molar-refractivity contribution in [3.63, 3.8) is 0 Å². The van der Waals surface area contributed by atoms with E-state index in [1.165, 1.54) is 35.1 Å². The van der Waals surface area contributed by atoms with Crippen LogP contribution in [0.3, 0.4) is 0 Å². The van der Waals surface area contributed by atoms with Crippen LogP contribution in [0.1, 0.15) is 55.3 Å². The summed E-state index contributed by atoms with van der Waals surface area (Å²) in [5.41, 5.74) is 6.15. The van der Waals surface area contributed by atoms with Crippen molar-refractivity contribution in [3.05, 3.63) is 59.2 Å². The second-order valence-corrected chi connectivity index (χ2v) is 7.86. The number of carbonyl (C=O) groups is 1. The van der Waals surface area contributed by atoms with Crippen molar-refractivity contribution in [2.24, 2.45) is 5.41 Å². The minimum absolute atomic E-state index is 0.102. The summed E-state index contributed by atoms with van der Waals surface area (Å²) in [7, 11) is 0. The maximum Gasteiger partial charge on any atom is 0.405 e. The lowest BCUT2D eigenvalue weighted by Gasteiger charge is -2.27. The minimum atomic E-state index is -0.958. The van der Waals surface area contributed by atoms with Crippen molar-refractivity contribution in [3.8, 4) is 11.1 Å². The standard InChI is InChI=1S/C21H23NO2/c1-21(2)12-17-11-16(9-10-18(17)19(21)22-20(23)24)15-7-5-14(6-8-15)13-3-4-13/h5-11,13,19,22H,3-4,12H2,1-2H3,(H,23,24). The summed E-state index contributed by atoms with van der Waals surface area (Å²) in [4.78, 5) is 11.1. The smallest absolute Gasteiger partial charge is 0.405 e. The maximum atomic E-state index is 11.1. The minimum Gasteiger partial charge on any atom is -0.465 e. The van der Waals surface area contributed by atoms with E-state index < -0.39 is 6.09 Å². The lowest BCUT2D eigenvalue weighted by atomic mass is 9.85. The molecule has 0 bridgehead atoms. The first-order valence-corrected chi connectivity index (χ1v) is 8.67. The second-order valence-electron chi connectivity index (χ2n) is 7.86. The van der Waals surface area contributed by atoms with E-state index in [9.17, 15) is 4.79 Å². The van der Waals surface area contributed by atoms with Gasteiger partial charge in [-0.1, -0.05) is 56.3 Å². The summed E-state index contributed by atoms with van der Waals surface area (Å²) in [6, 6.07) is 15.2. The molecular weight excluding hydrogens is 298 g/mol. The van der Waals surface area contributed by atoms with Crippen molar-refractivity contribution >= 4 is 6.09 Å². The molecule has 1 fully saturated rings. The summed E-state index contributed by atoms with van der Waals surface area (Å²) in [5.74, 6) is 0.780. The summed E-state index contributed by atoms with van der Waals surface area (Å²) >= 11 is 0. The Hall–Kier alpha value is -2.29. The Kier molecular flexibility index (Phi) is 3.41. The molecule has 0 aliphatic heterocycles. The van der Waals surface area contributed by atoms with Crippen molar-refractivity contribution in [2.75, 3.05) is 0 Å². The number of hydrogen-bond acceptors (Lipinski definition) is 1. The predicted octanol–water partition coefficient (Wildman–Crippen LogP) is 5.12. The molecule has 1 unspecified atom stereocenters. The third kappa shape index (κ3) is 2.68. The molecule has 0 radical (unpaired) electrons. The summed E-state index contributed by atoms with van der Waals surface area (Å²) in [5, 5.41) is 11.8. The van der Waals surface area contributed by atoms with Gasteiger partial charge in [-0.25, -0.2) is 4.79 Å². The van der Waals surface area contributed by atoms with Gasteiger partial charge in [0.1, 0.15) is 0 Å². The van der Waals surface area contributed by atoms with E-state index >= 15 is 0 Å². The molecule has 1 saturated carbocycles. The Balaban J connectivity index is 1.65. The van der Waals surface area contributed by atoms with Gasteiger partial charge in [0.05, 0.1) is 6.04 Å². The van der Waals surface area contributed by atoms with Crippen LogP contribution in [0, 0.1) is 5.41 Å². The highest BCUT2D eigenvalue weighted by atomic mass is 16.4. The molecule has 2 N–H and O–H groups in total. The Labute approximate surface area is 142 Å². The molecule has 3 heteroatoms. The number of hydrogen-bond donors (Lipinski definition) is 2. The number of rotatable bonds is 3. The molecule has 3 nitrogen and oxygen atoms in total. The predicted molar refractivity (Wildman–Crippen MR) is 95.2 cm³/mol. The highest BCUT2D eigenvalue weighted by molar-refractivity contribution is 5.68. The first-order chi connectivity index (χ1) is 11.4. The molecule has 2 aliphatic rings. The molecule has 2 aliphatic carbocycles. The van der Waals surface area contributed by atoms with Crippen molar-refractivity contribution in [1.82, 2.24) is 5.32 Å². The van der Waals surface area contributed by atoms with Crippen LogP contribution in [0.15, 0.2) is 42.5 Å². The Morgan fingerprint density at radius 3 is 2.38 bits per heavy atom. The zero-order valence-electron chi connectivity index (χ0n) is 14.2. The monoisotopic (exact) mass is 321 g/mol. The van der Waals surface area contributed by atoms with Crippen molar-refractivity contribution < 1.29 is 9.90 Å². The lowest BCUT2D eigenvalue weighted by Crippen LogP contribution is -2.34. The molecule has 0 aromatic heterocycles. The molecule has 2 aromatic rings. The van der Waals surface area contributed by atoms with Crippen LogP contribution in [0.5, 0.6) is 0 Å². The highest BCUT2D eigenvalue weighted by Gasteiger charge is 2.40. The fraction of sp³-hybridized carbons (Fsp3) is 0.381. The average Bonchev–Trinajstić information content (AvgIpc) is 3.34. The summed E-state index contributed by atoms with van der Waals surface area (Å²) < 4.78 is 0. The van der Waals surface area contributed by atoms with Gasteiger partial charge >= 0.3 is 6.09 Å². The molecule has 0 spiro atoms. The summed E-state index contributed by atoms with van der Waals surface area (Å²) in [6.45, 7) is 4.25. The fourth-order valence-electron chi connectivity index (χ4n) is 3.99. The molecule has 1 amide bonds. The topological polar surface area (TPSA) is 49.3 Å². The third-order valence-electron chi connectivity index (χ3n) is 5.44. The van der Waals surface area contributed by atoms with E-state index in [4.69, 9.17) is 5.11 Å². The van der Waals surface area contributed by atoms with Crippen LogP contribution in [-0.2, 0) is 6.42 Å². The van der Waals surface area contributed by atoms with Gasteiger partial charge in [0.15, 0.2) is 0 Å². The van der Waals surface area contributed by atoms with Crippen LogP contribution in [0.2, 0.25) is 0 Å². The van der Waals surface area contributed by atoms with E-state index in [1.54, 1.807) is 0 Å². The molecule has 24 heavy (non-hydrogen) atoms. The van der Waals surface area contributed by atoms with Gasteiger partial charge in [0.2, 0.25) is 0 Å². The van der Waals surface area contributed by atoms with E-state index in [0.29, 0.717) is 0 Å². The van der Waals surface area contributed by atoms with Gasteiger partial charge in [-0.3, -0.25) is 0 Å². The fourth-order valence-corrected chi connectivity index (χ4v) is 3.99. The van der Waals surface area contributed by atoms with Crippen LogP contribution in [0.4, 0.5) is 4.79 Å². The number of nitrogens with one attached hydrogen (secondary N) is 1. The van der Waals surface area contributed by atoms with Crippen molar-refractivity contribution in [2.45, 2.75) is 45.1 Å². The van der Waals surface area contributed by atoms with Gasteiger partial charge in [-0.15, -0.1) is 0 Å². The largest absolute Gasteiger partial charge is 0.465 e. The zero-order chi connectivity index (χ0) is 16.9. The van der Waals surface area contributed by atoms with E-state index in [1.807, 2.05) is 0 Å².